The van der Waals surface area contributed by atoms with Gasteiger partial charge in [-0.25, -0.2) is 13.8 Å². The summed E-state index contributed by atoms with van der Waals surface area (Å²) in [6.07, 6.45) is 1.71. The van der Waals surface area contributed by atoms with Crippen LogP contribution >= 0.6 is 11.3 Å². The third-order valence-electron chi connectivity index (χ3n) is 5.47. The van der Waals surface area contributed by atoms with Gasteiger partial charge >= 0.3 is 0 Å². The fourth-order valence-corrected chi connectivity index (χ4v) is 4.41. The van der Waals surface area contributed by atoms with Gasteiger partial charge < -0.3 is 10.4 Å². The maximum absolute atomic E-state index is 13.9. The van der Waals surface area contributed by atoms with E-state index in [4.69, 9.17) is 4.98 Å². The molecule has 0 saturated heterocycles. The third-order valence-corrected chi connectivity index (χ3v) is 6.26. The van der Waals surface area contributed by atoms with Crippen LogP contribution in [0.1, 0.15) is 11.1 Å². The lowest BCUT2D eigenvalue weighted by atomic mass is 9.97. The Morgan fingerprint density at radius 2 is 1.76 bits per heavy atom. The van der Waals surface area contributed by atoms with Crippen LogP contribution in [0.2, 0.25) is 0 Å². The Morgan fingerprint density at radius 3 is 2.58 bits per heavy atom. The first-order chi connectivity index (χ1) is 16.0. The molecule has 5 aromatic rings. The highest BCUT2D eigenvalue weighted by Gasteiger charge is 2.13. The van der Waals surface area contributed by atoms with Crippen LogP contribution in [0.4, 0.5) is 14.5 Å². The van der Waals surface area contributed by atoms with Gasteiger partial charge in [0.1, 0.15) is 5.82 Å². The van der Waals surface area contributed by atoms with E-state index >= 15 is 0 Å². The van der Waals surface area contributed by atoms with Crippen LogP contribution in [0, 0.1) is 18.6 Å². The van der Waals surface area contributed by atoms with E-state index in [0.717, 1.165) is 38.3 Å². The van der Waals surface area contributed by atoms with Crippen molar-refractivity contribution in [1.29, 1.82) is 0 Å². The Kier molecular flexibility index (Phi) is 5.48. The Morgan fingerprint density at radius 1 is 0.909 bits per heavy atom. The van der Waals surface area contributed by atoms with Crippen LogP contribution in [-0.4, -0.2) is 15.1 Å². The lowest BCUT2D eigenvalue weighted by Crippen LogP contribution is -2.01. The van der Waals surface area contributed by atoms with Gasteiger partial charge in [0.05, 0.1) is 33.3 Å². The predicted molar refractivity (Wildman–Crippen MR) is 128 cm³/mol. The number of pyridine rings is 1. The van der Waals surface area contributed by atoms with E-state index in [0.29, 0.717) is 17.7 Å². The van der Waals surface area contributed by atoms with E-state index in [-0.39, 0.29) is 11.6 Å². The molecule has 0 fully saturated rings. The molecule has 2 N–H and O–H groups in total. The average Bonchev–Trinajstić information content (AvgIpc) is 3.29. The lowest BCUT2D eigenvalue weighted by Gasteiger charge is -2.14. The van der Waals surface area contributed by atoms with Crippen LogP contribution in [-0.2, 0) is 6.54 Å². The number of fused-ring (bicyclic) bond motifs is 1. The summed E-state index contributed by atoms with van der Waals surface area (Å²) in [6.45, 7) is 2.09. The molecule has 0 radical (unpaired) electrons. The van der Waals surface area contributed by atoms with Gasteiger partial charge in [-0.15, -0.1) is 11.3 Å². The van der Waals surface area contributed by atoms with Gasteiger partial charge in [-0.3, -0.25) is 4.98 Å². The molecule has 2 aromatic heterocycles. The topological polar surface area (TPSA) is 58.0 Å². The number of hydrogen-bond donors (Lipinski definition) is 2. The van der Waals surface area contributed by atoms with Crippen molar-refractivity contribution in [2.75, 3.05) is 5.32 Å². The van der Waals surface area contributed by atoms with Gasteiger partial charge in [0.25, 0.3) is 0 Å². The van der Waals surface area contributed by atoms with Gasteiger partial charge in [0.15, 0.2) is 11.6 Å². The molecule has 5 rings (SSSR count). The standard InChI is InChI=1S/C26H19F2N3OS/c1-15-8-18(3-5-21(15)27)26-20(17-4-6-23-25(10-17)33-14-31-23)11-19(13-30-26)29-12-16-2-7-24(32)22(28)9-16/h2-11,13-14,29,32H,12H2,1H3. The molecule has 0 unspecified atom stereocenters. The van der Waals surface area contributed by atoms with Gasteiger partial charge in [0, 0.05) is 17.7 Å². The molecule has 164 valence electrons. The lowest BCUT2D eigenvalue weighted by molar-refractivity contribution is 0.432. The number of aryl methyl sites for hydroxylation is 1. The van der Waals surface area contributed by atoms with Gasteiger partial charge in [0.2, 0.25) is 0 Å². The molecule has 3 aromatic carbocycles. The maximum Gasteiger partial charge on any atom is 0.165 e. The van der Waals surface area contributed by atoms with Crippen molar-refractivity contribution < 1.29 is 13.9 Å². The molecule has 4 nitrogen and oxygen atoms in total. The van der Waals surface area contributed by atoms with E-state index in [9.17, 15) is 13.9 Å². The molecule has 2 heterocycles. The predicted octanol–water partition coefficient (Wildman–Crippen LogP) is 6.93. The summed E-state index contributed by atoms with van der Waals surface area (Å²) in [4.78, 5) is 9.05. The fourth-order valence-electron chi connectivity index (χ4n) is 3.69. The molecule has 0 saturated carbocycles. The quantitative estimate of drug-likeness (QED) is 0.299. The van der Waals surface area contributed by atoms with E-state index in [1.165, 1.54) is 18.2 Å². The zero-order chi connectivity index (χ0) is 22.9. The number of phenols is 1. The second kappa shape index (κ2) is 8.60. The Hall–Kier alpha value is -3.84. The van der Waals surface area contributed by atoms with Crippen molar-refractivity contribution >= 4 is 27.2 Å². The molecular formula is C26H19F2N3OS. The van der Waals surface area contributed by atoms with E-state index in [2.05, 4.69) is 16.4 Å². The summed E-state index contributed by atoms with van der Waals surface area (Å²) in [5.74, 6) is -1.29. The Balaban J connectivity index is 1.55. The van der Waals surface area contributed by atoms with Crippen molar-refractivity contribution in [3.63, 3.8) is 0 Å². The molecule has 0 aliphatic rings. The van der Waals surface area contributed by atoms with Gasteiger partial charge in [-0.2, -0.15) is 0 Å². The van der Waals surface area contributed by atoms with Crippen LogP contribution in [0.5, 0.6) is 5.75 Å². The van der Waals surface area contributed by atoms with Crippen LogP contribution in [0.3, 0.4) is 0 Å². The number of hydrogen-bond acceptors (Lipinski definition) is 5. The average molecular weight is 460 g/mol. The highest BCUT2D eigenvalue weighted by molar-refractivity contribution is 7.16. The summed E-state index contributed by atoms with van der Waals surface area (Å²) in [5, 5.41) is 12.7. The number of thiazole rings is 1. The minimum Gasteiger partial charge on any atom is -0.505 e. The minimum atomic E-state index is -0.659. The number of aromatic hydroxyl groups is 1. The summed E-state index contributed by atoms with van der Waals surface area (Å²) in [7, 11) is 0. The zero-order valence-corrected chi connectivity index (χ0v) is 18.5. The molecule has 33 heavy (non-hydrogen) atoms. The van der Waals surface area contributed by atoms with Crippen LogP contribution in [0.15, 0.2) is 72.4 Å². The SMILES string of the molecule is Cc1cc(-c2ncc(NCc3ccc(O)c(F)c3)cc2-c2ccc3ncsc3c2)ccc1F. The molecule has 0 aliphatic heterocycles. The van der Waals surface area contributed by atoms with Crippen LogP contribution in [0.25, 0.3) is 32.6 Å². The van der Waals surface area contributed by atoms with Crippen LogP contribution < -0.4 is 5.32 Å². The maximum atomic E-state index is 13.9. The molecule has 0 amide bonds. The Bertz CT molecular complexity index is 1480. The monoisotopic (exact) mass is 459 g/mol. The van der Waals surface area contributed by atoms with E-state index in [1.807, 2.05) is 23.7 Å². The number of nitrogens with zero attached hydrogens (tertiary/aromatic N) is 2. The van der Waals surface area contributed by atoms with Crippen molar-refractivity contribution in [1.82, 2.24) is 9.97 Å². The third kappa shape index (κ3) is 4.27. The number of anilines is 1. The first kappa shape index (κ1) is 21.0. The van der Waals surface area contributed by atoms with Crippen molar-refractivity contribution in [2.24, 2.45) is 0 Å². The fraction of sp³-hybridized carbons (Fsp3) is 0.0769. The van der Waals surface area contributed by atoms with Gasteiger partial charge in [-0.1, -0.05) is 12.1 Å². The zero-order valence-electron chi connectivity index (χ0n) is 17.6. The van der Waals surface area contributed by atoms with Crippen molar-refractivity contribution in [2.45, 2.75) is 13.5 Å². The van der Waals surface area contributed by atoms with Crippen molar-refractivity contribution in [3.8, 4) is 28.1 Å². The number of halogens is 2. The summed E-state index contributed by atoms with van der Waals surface area (Å²) >= 11 is 1.56. The van der Waals surface area contributed by atoms with E-state index < -0.39 is 5.82 Å². The van der Waals surface area contributed by atoms with Gasteiger partial charge in [-0.05, 0) is 72.1 Å². The first-order valence-corrected chi connectivity index (χ1v) is 11.2. The largest absolute Gasteiger partial charge is 0.505 e. The summed E-state index contributed by atoms with van der Waals surface area (Å²) < 4.78 is 28.6. The molecule has 0 aliphatic carbocycles. The smallest absolute Gasteiger partial charge is 0.165 e. The molecular weight excluding hydrogens is 440 g/mol. The second-order valence-electron chi connectivity index (χ2n) is 7.76. The highest BCUT2D eigenvalue weighted by Crippen LogP contribution is 2.35. The summed E-state index contributed by atoms with van der Waals surface area (Å²) in [5.41, 5.74) is 8.15. The number of aromatic nitrogens is 2. The number of rotatable bonds is 5. The number of benzene rings is 3. The second-order valence-corrected chi connectivity index (χ2v) is 8.64. The Labute approximate surface area is 193 Å². The molecule has 0 atom stereocenters. The molecule has 0 spiro atoms. The highest BCUT2D eigenvalue weighted by atomic mass is 32.1. The summed E-state index contributed by atoms with van der Waals surface area (Å²) in [6, 6.07) is 17.3. The number of phenolic OH excluding ortho intramolecular Hbond substituents is 1. The molecule has 0 bridgehead atoms. The molecule has 7 heteroatoms. The van der Waals surface area contributed by atoms with Crippen molar-refractivity contribution in [3.05, 3.63) is 95.1 Å². The van der Waals surface area contributed by atoms with E-state index in [1.54, 1.807) is 42.7 Å². The number of nitrogens with one attached hydrogen (secondary N) is 1. The normalized spacial score (nSPS) is 11.1. The first-order valence-electron chi connectivity index (χ1n) is 10.3. The minimum absolute atomic E-state index is 0.259.